The molecule has 3 heteroatoms. The van der Waals surface area contributed by atoms with E-state index in [0.717, 1.165) is 37.2 Å². The van der Waals surface area contributed by atoms with E-state index in [0.29, 0.717) is 0 Å². The maximum Gasteiger partial charge on any atom is 0.123 e. The molecule has 104 valence electrons. The van der Waals surface area contributed by atoms with Crippen LogP contribution in [-0.2, 0) is 13.0 Å². The first-order valence-corrected chi connectivity index (χ1v) is 7.01. The molecule has 0 radical (unpaired) electrons. The van der Waals surface area contributed by atoms with E-state index in [4.69, 9.17) is 4.74 Å². The van der Waals surface area contributed by atoms with E-state index < -0.39 is 0 Å². The second-order valence-corrected chi connectivity index (χ2v) is 5.15. The van der Waals surface area contributed by atoms with Gasteiger partial charge in [-0.25, -0.2) is 4.39 Å². The number of hydrogen-bond acceptors (Lipinski definition) is 2. The van der Waals surface area contributed by atoms with Crippen LogP contribution in [0.1, 0.15) is 17.5 Å². The van der Waals surface area contributed by atoms with Crippen LogP contribution in [0.15, 0.2) is 48.5 Å². The molecule has 1 atom stereocenters. The lowest BCUT2D eigenvalue weighted by atomic mass is 10.0. The maximum atomic E-state index is 13.1. The smallest absolute Gasteiger partial charge is 0.123 e. The van der Waals surface area contributed by atoms with Crippen molar-refractivity contribution in [2.75, 3.05) is 6.54 Å². The number of nitrogens with one attached hydrogen (secondary N) is 1. The molecule has 1 aliphatic rings. The van der Waals surface area contributed by atoms with Gasteiger partial charge in [-0.3, -0.25) is 0 Å². The zero-order valence-electron chi connectivity index (χ0n) is 11.3. The van der Waals surface area contributed by atoms with Crippen LogP contribution in [0.25, 0.3) is 0 Å². The first-order valence-electron chi connectivity index (χ1n) is 7.01. The van der Waals surface area contributed by atoms with Crippen LogP contribution < -0.4 is 10.1 Å². The summed E-state index contributed by atoms with van der Waals surface area (Å²) in [4.78, 5) is 0. The lowest BCUT2D eigenvalue weighted by Crippen LogP contribution is -2.33. The Morgan fingerprint density at radius 3 is 2.85 bits per heavy atom. The molecule has 2 aromatic rings. The number of ether oxygens (including phenoxy) is 1. The molecule has 2 aromatic carbocycles. The zero-order chi connectivity index (χ0) is 13.8. The van der Waals surface area contributed by atoms with Crippen LogP contribution in [0, 0.1) is 5.82 Å². The number of hydrogen-bond donors (Lipinski definition) is 1. The minimum atomic E-state index is -0.187. The van der Waals surface area contributed by atoms with Crippen molar-refractivity contribution in [1.29, 1.82) is 0 Å². The normalized spacial score (nSPS) is 17.4. The molecule has 0 bridgehead atoms. The van der Waals surface area contributed by atoms with Gasteiger partial charge in [0, 0.05) is 13.1 Å². The van der Waals surface area contributed by atoms with Crippen LogP contribution in [-0.4, -0.2) is 12.6 Å². The lowest BCUT2D eigenvalue weighted by Gasteiger charge is -2.26. The Morgan fingerprint density at radius 1 is 1.15 bits per heavy atom. The van der Waals surface area contributed by atoms with Gasteiger partial charge in [0.2, 0.25) is 0 Å². The Kier molecular flexibility index (Phi) is 3.97. The Labute approximate surface area is 118 Å². The molecule has 0 unspecified atom stereocenters. The van der Waals surface area contributed by atoms with Crippen molar-refractivity contribution in [3.8, 4) is 5.75 Å². The Hall–Kier alpha value is -1.87. The third-order valence-electron chi connectivity index (χ3n) is 3.60. The summed E-state index contributed by atoms with van der Waals surface area (Å²) < 4.78 is 19.0. The maximum absolute atomic E-state index is 13.1. The molecule has 0 fully saturated rings. The van der Waals surface area contributed by atoms with E-state index in [1.54, 1.807) is 12.1 Å². The predicted molar refractivity (Wildman–Crippen MR) is 77.3 cm³/mol. The molecule has 2 nitrogen and oxygen atoms in total. The van der Waals surface area contributed by atoms with Gasteiger partial charge < -0.3 is 10.1 Å². The van der Waals surface area contributed by atoms with Gasteiger partial charge in [0.25, 0.3) is 0 Å². The summed E-state index contributed by atoms with van der Waals surface area (Å²) in [6.07, 6.45) is 1.97. The van der Waals surface area contributed by atoms with Crippen molar-refractivity contribution < 1.29 is 9.13 Å². The summed E-state index contributed by atoms with van der Waals surface area (Å²) in [5.74, 6) is 0.636. The predicted octanol–water partition coefficient (Wildman–Crippen LogP) is 3.31. The molecular formula is C17H18FNO. The van der Waals surface area contributed by atoms with Crippen LogP contribution in [0.5, 0.6) is 5.75 Å². The molecule has 0 saturated carbocycles. The largest absolute Gasteiger partial charge is 0.489 e. The molecule has 0 amide bonds. The summed E-state index contributed by atoms with van der Waals surface area (Å²) in [6, 6.07) is 15.1. The molecule has 0 aromatic heterocycles. The molecule has 1 heterocycles. The summed E-state index contributed by atoms with van der Waals surface area (Å²) in [7, 11) is 0. The minimum Gasteiger partial charge on any atom is -0.489 e. The van der Waals surface area contributed by atoms with Crippen molar-refractivity contribution in [2.24, 2.45) is 0 Å². The summed E-state index contributed by atoms with van der Waals surface area (Å²) in [5, 5.41) is 3.41. The first kappa shape index (κ1) is 13.1. The molecule has 3 rings (SSSR count). The highest BCUT2D eigenvalue weighted by Gasteiger charge is 2.19. The van der Waals surface area contributed by atoms with Gasteiger partial charge in [-0.15, -0.1) is 0 Å². The average molecular weight is 271 g/mol. The fourth-order valence-corrected chi connectivity index (χ4v) is 2.53. The Bertz CT molecular complexity index is 570. The van der Waals surface area contributed by atoms with Gasteiger partial charge in [-0.2, -0.15) is 0 Å². The molecule has 0 aliphatic carbocycles. The Morgan fingerprint density at radius 2 is 2.00 bits per heavy atom. The van der Waals surface area contributed by atoms with Crippen molar-refractivity contribution in [1.82, 2.24) is 5.32 Å². The molecule has 20 heavy (non-hydrogen) atoms. The van der Waals surface area contributed by atoms with E-state index in [1.165, 1.54) is 11.6 Å². The van der Waals surface area contributed by atoms with E-state index in [-0.39, 0.29) is 11.9 Å². The second kappa shape index (κ2) is 6.06. The quantitative estimate of drug-likeness (QED) is 0.921. The SMILES string of the molecule is Fc1ccc2c(c1)CC[C@H](CNCc1ccccc1)O2. The monoisotopic (exact) mass is 271 g/mol. The number of halogens is 1. The van der Waals surface area contributed by atoms with Crippen molar-refractivity contribution >= 4 is 0 Å². The molecule has 0 spiro atoms. The van der Waals surface area contributed by atoms with Crippen LogP contribution >= 0.6 is 0 Å². The van der Waals surface area contributed by atoms with Crippen molar-refractivity contribution in [3.63, 3.8) is 0 Å². The highest BCUT2D eigenvalue weighted by molar-refractivity contribution is 5.35. The first-order chi connectivity index (χ1) is 9.81. The zero-order valence-corrected chi connectivity index (χ0v) is 11.3. The minimum absolute atomic E-state index is 0.164. The number of benzene rings is 2. The van der Waals surface area contributed by atoms with Crippen molar-refractivity contribution in [3.05, 3.63) is 65.5 Å². The van der Waals surface area contributed by atoms with Gasteiger partial charge >= 0.3 is 0 Å². The lowest BCUT2D eigenvalue weighted by molar-refractivity contribution is 0.170. The Balaban J connectivity index is 1.52. The molecular weight excluding hydrogens is 253 g/mol. The topological polar surface area (TPSA) is 21.3 Å². The van der Waals surface area contributed by atoms with Crippen LogP contribution in [0.4, 0.5) is 4.39 Å². The highest BCUT2D eigenvalue weighted by Crippen LogP contribution is 2.27. The number of rotatable bonds is 4. The summed E-state index contributed by atoms with van der Waals surface area (Å²) >= 11 is 0. The van der Waals surface area contributed by atoms with E-state index in [1.807, 2.05) is 18.2 Å². The van der Waals surface area contributed by atoms with Crippen molar-refractivity contribution in [2.45, 2.75) is 25.5 Å². The fourth-order valence-electron chi connectivity index (χ4n) is 2.53. The third-order valence-corrected chi connectivity index (χ3v) is 3.60. The van der Waals surface area contributed by atoms with E-state index >= 15 is 0 Å². The summed E-state index contributed by atoms with van der Waals surface area (Å²) in [5.41, 5.74) is 2.25. The van der Waals surface area contributed by atoms with Gasteiger partial charge in [-0.05, 0) is 42.2 Å². The van der Waals surface area contributed by atoms with Gasteiger partial charge in [-0.1, -0.05) is 30.3 Å². The second-order valence-electron chi connectivity index (χ2n) is 5.15. The molecule has 1 N–H and O–H groups in total. The fraction of sp³-hybridized carbons (Fsp3) is 0.294. The summed E-state index contributed by atoms with van der Waals surface area (Å²) in [6.45, 7) is 1.66. The third kappa shape index (κ3) is 3.17. The van der Waals surface area contributed by atoms with Gasteiger partial charge in [0.1, 0.15) is 17.7 Å². The molecule has 1 aliphatic heterocycles. The van der Waals surface area contributed by atoms with E-state index in [2.05, 4.69) is 17.4 Å². The number of fused-ring (bicyclic) bond motifs is 1. The van der Waals surface area contributed by atoms with Crippen LogP contribution in [0.2, 0.25) is 0 Å². The average Bonchev–Trinajstić information content (AvgIpc) is 2.48. The van der Waals surface area contributed by atoms with Gasteiger partial charge in [0.15, 0.2) is 0 Å². The molecule has 0 saturated heterocycles. The van der Waals surface area contributed by atoms with E-state index in [9.17, 15) is 4.39 Å². The standard InChI is InChI=1S/C17H18FNO/c18-15-7-9-17-14(10-15)6-8-16(20-17)12-19-11-13-4-2-1-3-5-13/h1-5,7,9-10,16,19H,6,8,11-12H2/t16-/m1/s1. The van der Waals surface area contributed by atoms with Gasteiger partial charge in [0.05, 0.1) is 0 Å². The number of aryl methyl sites for hydroxylation is 1. The van der Waals surface area contributed by atoms with Crippen LogP contribution in [0.3, 0.4) is 0 Å². The highest BCUT2D eigenvalue weighted by atomic mass is 19.1.